The molecule has 1 heterocycles. The summed E-state index contributed by atoms with van der Waals surface area (Å²) in [5, 5.41) is 13.7. The molecule has 5 heteroatoms. The van der Waals surface area contributed by atoms with Crippen LogP contribution in [0.3, 0.4) is 0 Å². The van der Waals surface area contributed by atoms with Gasteiger partial charge in [-0.1, -0.05) is 6.07 Å². The monoisotopic (exact) mass is 322 g/mol. The van der Waals surface area contributed by atoms with E-state index < -0.39 is 0 Å². The number of rotatable bonds is 3. The smallest absolute Gasteiger partial charge is 0.251 e. The van der Waals surface area contributed by atoms with Crippen LogP contribution < -0.4 is 10.1 Å². The predicted octanol–water partition coefficient (Wildman–Crippen LogP) is 2.78. The van der Waals surface area contributed by atoms with E-state index >= 15 is 0 Å². The standard InChI is InChI=1S/C19H18N2O3/c1-24-14-5-6-17-16(10-14)15-8-12(9-18(15)21-17)20-19(23)11-3-2-4-13(22)7-11/h2-7,10,12,21-22H,8-9H2,1H3,(H,20,23). The van der Waals surface area contributed by atoms with Gasteiger partial charge in [0.2, 0.25) is 0 Å². The lowest BCUT2D eigenvalue weighted by Gasteiger charge is -2.13. The van der Waals surface area contributed by atoms with Crippen LogP contribution in [0.1, 0.15) is 21.6 Å². The average molecular weight is 322 g/mol. The molecule has 0 saturated heterocycles. The minimum atomic E-state index is -0.164. The summed E-state index contributed by atoms with van der Waals surface area (Å²) in [5.41, 5.74) is 3.97. The van der Waals surface area contributed by atoms with Gasteiger partial charge in [0.25, 0.3) is 5.91 Å². The fraction of sp³-hybridized carbons (Fsp3) is 0.211. The van der Waals surface area contributed by atoms with Crippen molar-refractivity contribution in [1.29, 1.82) is 0 Å². The SMILES string of the molecule is COc1ccc2[nH]c3c(c2c1)CC(NC(=O)c1cccc(O)c1)C3. The first-order valence-corrected chi connectivity index (χ1v) is 7.91. The number of H-pyrrole nitrogens is 1. The van der Waals surface area contributed by atoms with Crippen molar-refractivity contribution in [2.75, 3.05) is 7.11 Å². The number of nitrogens with one attached hydrogen (secondary N) is 2. The van der Waals surface area contributed by atoms with E-state index in [1.807, 2.05) is 18.2 Å². The Kier molecular flexibility index (Phi) is 3.41. The number of aromatic amines is 1. The number of methoxy groups -OCH3 is 1. The van der Waals surface area contributed by atoms with Crippen molar-refractivity contribution >= 4 is 16.8 Å². The van der Waals surface area contributed by atoms with Gasteiger partial charge in [-0.15, -0.1) is 0 Å². The van der Waals surface area contributed by atoms with E-state index in [4.69, 9.17) is 4.74 Å². The molecule has 5 nitrogen and oxygen atoms in total. The third-order valence-corrected chi connectivity index (χ3v) is 4.55. The van der Waals surface area contributed by atoms with Crippen LogP contribution in [0.5, 0.6) is 11.5 Å². The molecule has 0 saturated carbocycles. The molecule has 0 spiro atoms. The normalized spacial score (nSPS) is 16.1. The van der Waals surface area contributed by atoms with E-state index in [0.717, 1.165) is 29.5 Å². The van der Waals surface area contributed by atoms with Crippen molar-refractivity contribution in [3.05, 3.63) is 59.3 Å². The molecular formula is C19H18N2O3. The van der Waals surface area contributed by atoms with Crippen molar-refractivity contribution in [1.82, 2.24) is 10.3 Å². The van der Waals surface area contributed by atoms with Crippen molar-refractivity contribution in [3.63, 3.8) is 0 Å². The maximum atomic E-state index is 12.3. The lowest BCUT2D eigenvalue weighted by atomic mass is 10.1. The zero-order chi connectivity index (χ0) is 16.7. The quantitative estimate of drug-likeness (QED) is 0.694. The highest BCUT2D eigenvalue weighted by Gasteiger charge is 2.27. The number of carbonyl (C=O) groups excluding carboxylic acids is 1. The van der Waals surface area contributed by atoms with Crippen molar-refractivity contribution in [2.24, 2.45) is 0 Å². The lowest BCUT2D eigenvalue weighted by Crippen LogP contribution is -2.35. The maximum absolute atomic E-state index is 12.3. The van der Waals surface area contributed by atoms with Gasteiger partial charge in [0.15, 0.2) is 0 Å². The number of hydrogen-bond donors (Lipinski definition) is 3. The Labute approximate surface area is 139 Å². The van der Waals surface area contributed by atoms with E-state index in [1.165, 1.54) is 17.3 Å². The summed E-state index contributed by atoms with van der Waals surface area (Å²) in [7, 11) is 1.66. The number of hydrogen-bond acceptors (Lipinski definition) is 3. The Hall–Kier alpha value is -2.95. The molecule has 24 heavy (non-hydrogen) atoms. The summed E-state index contributed by atoms with van der Waals surface area (Å²) < 4.78 is 5.30. The molecule has 2 aromatic carbocycles. The summed E-state index contributed by atoms with van der Waals surface area (Å²) in [5.74, 6) is 0.761. The number of amides is 1. The number of benzene rings is 2. The van der Waals surface area contributed by atoms with Gasteiger partial charge in [0.1, 0.15) is 11.5 Å². The van der Waals surface area contributed by atoms with Gasteiger partial charge in [-0.05, 0) is 48.4 Å². The van der Waals surface area contributed by atoms with Crippen LogP contribution in [0.4, 0.5) is 0 Å². The number of aromatic hydroxyl groups is 1. The highest BCUT2D eigenvalue weighted by atomic mass is 16.5. The Bertz CT molecular complexity index is 930. The molecule has 1 aliphatic carbocycles. The van der Waals surface area contributed by atoms with Gasteiger partial charge in [0.05, 0.1) is 7.11 Å². The summed E-state index contributed by atoms with van der Waals surface area (Å²) in [4.78, 5) is 15.8. The molecule has 1 unspecified atom stereocenters. The predicted molar refractivity (Wildman–Crippen MR) is 91.6 cm³/mol. The average Bonchev–Trinajstić information content (AvgIpc) is 3.11. The van der Waals surface area contributed by atoms with Gasteiger partial charge in [-0.2, -0.15) is 0 Å². The van der Waals surface area contributed by atoms with Crippen molar-refractivity contribution in [3.8, 4) is 11.5 Å². The number of aromatic nitrogens is 1. The minimum absolute atomic E-state index is 0.0525. The second-order valence-electron chi connectivity index (χ2n) is 6.12. The molecule has 3 aromatic rings. The highest BCUT2D eigenvalue weighted by molar-refractivity contribution is 5.95. The lowest BCUT2D eigenvalue weighted by molar-refractivity contribution is 0.0938. The molecule has 1 aromatic heterocycles. The van der Waals surface area contributed by atoms with E-state index in [0.29, 0.717) is 5.56 Å². The van der Waals surface area contributed by atoms with Gasteiger partial charge in [0, 0.05) is 34.6 Å². The Morgan fingerprint density at radius 2 is 2.12 bits per heavy atom. The zero-order valence-corrected chi connectivity index (χ0v) is 13.3. The summed E-state index contributed by atoms with van der Waals surface area (Å²) >= 11 is 0. The second kappa shape index (κ2) is 5.60. The fourth-order valence-corrected chi connectivity index (χ4v) is 3.40. The number of phenolic OH excluding ortho intramolecular Hbond substituents is 1. The molecule has 1 aliphatic rings. The number of phenols is 1. The van der Waals surface area contributed by atoms with Crippen LogP contribution in [0.2, 0.25) is 0 Å². The summed E-state index contributed by atoms with van der Waals surface area (Å²) in [6.07, 6.45) is 1.56. The molecule has 1 atom stereocenters. The van der Waals surface area contributed by atoms with E-state index in [9.17, 15) is 9.90 Å². The van der Waals surface area contributed by atoms with Crippen LogP contribution in [0, 0.1) is 0 Å². The fourth-order valence-electron chi connectivity index (χ4n) is 3.40. The van der Waals surface area contributed by atoms with Crippen LogP contribution >= 0.6 is 0 Å². The number of ether oxygens (including phenoxy) is 1. The maximum Gasteiger partial charge on any atom is 0.251 e. The Balaban J connectivity index is 1.54. The molecule has 0 fully saturated rings. The third kappa shape index (κ3) is 2.48. The molecule has 4 rings (SSSR count). The molecule has 3 N–H and O–H groups in total. The van der Waals surface area contributed by atoms with E-state index in [-0.39, 0.29) is 17.7 Å². The van der Waals surface area contributed by atoms with Gasteiger partial charge >= 0.3 is 0 Å². The van der Waals surface area contributed by atoms with Crippen LogP contribution in [0.25, 0.3) is 10.9 Å². The molecule has 122 valence electrons. The van der Waals surface area contributed by atoms with Gasteiger partial charge in [-0.25, -0.2) is 0 Å². The topological polar surface area (TPSA) is 74.3 Å². The van der Waals surface area contributed by atoms with Crippen LogP contribution in [-0.4, -0.2) is 29.1 Å². The Morgan fingerprint density at radius 3 is 2.92 bits per heavy atom. The first kappa shape index (κ1) is 14.6. The van der Waals surface area contributed by atoms with Gasteiger partial charge < -0.3 is 20.1 Å². The Morgan fingerprint density at radius 1 is 1.25 bits per heavy atom. The van der Waals surface area contributed by atoms with Gasteiger partial charge in [-0.3, -0.25) is 4.79 Å². The largest absolute Gasteiger partial charge is 0.508 e. The van der Waals surface area contributed by atoms with E-state index in [2.05, 4.69) is 10.3 Å². The summed E-state index contributed by atoms with van der Waals surface area (Å²) in [6.45, 7) is 0. The minimum Gasteiger partial charge on any atom is -0.508 e. The number of carbonyl (C=O) groups is 1. The molecule has 0 aliphatic heterocycles. The zero-order valence-electron chi connectivity index (χ0n) is 13.3. The molecule has 1 amide bonds. The summed E-state index contributed by atoms with van der Waals surface area (Å²) in [6, 6.07) is 12.4. The van der Waals surface area contributed by atoms with E-state index in [1.54, 1.807) is 25.3 Å². The third-order valence-electron chi connectivity index (χ3n) is 4.55. The van der Waals surface area contributed by atoms with Crippen molar-refractivity contribution in [2.45, 2.75) is 18.9 Å². The molecular weight excluding hydrogens is 304 g/mol. The highest BCUT2D eigenvalue weighted by Crippen LogP contribution is 2.32. The first-order valence-electron chi connectivity index (χ1n) is 7.91. The van der Waals surface area contributed by atoms with Crippen LogP contribution in [0.15, 0.2) is 42.5 Å². The second-order valence-corrected chi connectivity index (χ2v) is 6.12. The van der Waals surface area contributed by atoms with Crippen molar-refractivity contribution < 1.29 is 14.6 Å². The first-order chi connectivity index (χ1) is 11.6. The molecule has 0 radical (unpaired) electrons. The number of fused-ring (bicyclic) bond motifs is 3. The molecule has 0 bridgehead atoms. The van der Waals surface area contributed by atoms with Crippen LogP contribution in [-0.2, 0) is 12.8 Å².